The van der Waals surface area contributed by atoms with Crippen LogP contribution in [0.2, 0.25) is 0 Å². The van der Waals surface area contributed by atoms with Crippen molar-refractivity contribution in [3.8, 4) is 0 Å². The second kappa shape index (κ2) is 41.5. The average molecular weight is 826 g/mol. The second-order valence-corrected chi connectivity index (χ2v) is 18.5. The lowest BCUT2D eigenvalue weighted by Crippen LogP contribution is -2.28. The Labute approximate surface area is 367 Å². The molecule has 0 aromatic carbocycles. The van der Waals surface area contributed by atoms with Gasteiger partial charge in [-0.15, -0.1) is 0 Å². The summed E-state index contributed by atoms with van der Waals surface area (Å²) >= 11 is 0. The Kier molecular flexibility index (Phi) is 38.8. The number of rotatable bonds is 42. The minimum Gasteiger partial charge on any atom is -0.462 e. The van der Waals surface area contributed by atoms with Crippen LogP contribution in [0.1, 0.15) is 252 Å². The van der Waals surface area contributed by atoms with Crippen LogP contribution in [0.25, 0.3) is 0 Å². The van der Waals surface area contributed by atoms with Gasteiger partial charge >= 0.3 is 11.9 Å². The Hall–Kier alpha value is -1.88. The van der Waals surface area contributed by atoms with E-state index in [9.17, 15) is 9.59 Å². The first-order valence-corrected chi connectivity index (χ1v) is 25.9. The molecule has 1 rings (SSSR count). The zero-order valence-corrected chi connectivity index (χ0v) is 40.0. The number of nitrogens with zero attached hydrogens (tertiary/aromatic N) is 1. The third-order valence-electron chi connectivity index (χ3n) is 12.6. The Balaban J connectivity index is 2.50. The second-order valence-electron chi connectivity index (χ2n) is 18.5. The first kappa shape index (κ1) is 55.1. The van der Waals surface area contributed by atoms with Crippen molar-refractivity contribution in [1.82, 2.24) is 4.90 Å². The molecule has 0 radical (unpaired) electrons. The summed E-state index contributed by atoms with van der Waals surface area (Å²) in [5, 5.41) is 0. The molecule has 0 saturated heterocycles. The predicted octanol–water partition coefficient (Wildman–Crippen LogP) is 16.4. The van der Waals surface area contributed by atoms with Gasteiger partial charge in [0.05, 0.1) is 6.42 Å². The minimum atomic E-state index is -0.122. The van der Waals surface area contributed by atoms with Crippen LogP contribution in [-0.2, 0) is 19.1 Å². The maximum Gasteiger partial charge on any atom is 0.307 e. The molecule has 59 heavy (non-hydrogen) atoms. The lowest BCUT2D eigenvalue weighted by Gasteiger charge is -2.25. The van der Waals surface area contributed by atoms with Gasteiger partial charge in [-0.3, -0.25) is 9.59 Å². The van der Waals surface area contributed by atoms with E-state index < -0.39 is 0 Å². The van der Waals surface area contributed by atoms with Crippen LogP contribution in [0.4, 0.5) is 0 Å². The molecule has 0 aromatic heterocycles. The van der Waals surface area contributed by atoms with Crippen molar-refractivity contribution < 1.29 is 19.1 Å². The van der Waals surface area contributed by atoms with Gasteiger partial charge in [-0.05, 0) is 123 Å². The van der Waals surface area contributed by atoms with Crippen LogP contribution >= 0.6 is 0 Å². The SMILES string of the molecule is CC/C=C\CC1C(CC(=O)OC(CCCCCCCC/C=C\CCCCCCCC)CCCCCCCC/C=C\CCCCCCCC)CCC1OC(=O)CCN(C)C. The highest BCUT2D eigenvalue weighted by Crippen LogP contribution is 2.39. The number of carbonyl (C=O) groups is 2. The number of esters is 2. The van der Waals surface area contributed by atoms with Gasteiger partial charge in [0.25, 0.3) is 0 Å². The number of ether oxygens (including phenoxy) is 2. The van der Waals surface area contributed by atoms with E-state index in [0.29, 0.717) is 19.4 Å². The van der Waals surface area contributed by atoms with Crippen molar-refractivity contribution >= 4 is 11.9 Å². The predicted molar refractivity (Wildman–Crippen MR) is 256 cm³/mol. The first-order chi connectivity index (χ1) is 28.9. The Morgan fingerprint density at radius 1 is 0.542 bits per heavy atom. The molecule has 1 aliphatic carbocycles. The molecule has 3 unspecified atom stereocenters. The molecule has 1 saturated carbocycles. The third-order valence-corrected chi connectivity index (χ3v) is 12.6. The van der Waals surface area contributed by atoms with Crippen LogP contribution in [0.3, 0.4) is 0 Å². The molecule has 0 spiro atoms. The molecule has 344 valence electrons. The van der Waals surface area contributed by atoms with Crippen molar-refractivity contribution in [3.05, 3.63) is 36.5 Å². The summed E-state index contributed by atoms with van der Waals surface area (Å²) in [6.07, 6.45) is 57.0. The fraction of sp³-hybridized carbons (Fsp3) is 0.852. The van der Waals surface area contributed by atoms with Crippen LogP contribution < -0.4 is 0 Å². The van der Waals surface area contributed by atoms with Crippen LogP contribution in [0.15, 0.2) is 36.5 Å². The molecule has 0 heterocycles. The Morgan fingerprint density at radius 3 is 1.42 bits per heavy atom. The molecule has 5 nitrogen and oxygen atoms in total. The number of hydrogen-bond donors (Lipinski definition) is 0. The summed E-state index contributed by atoms with van der Waals surface area (Å²) in [4.78, 5) is 28.3. The van der Waals surface area contributed by atoms with Gasteiger partial charge in [-0.2, -0.15) is 0 Å². The number of unbranched alkanes of at least 4 members (excludes halogenated alkanes) is 24. The smallest absolute Gasteiger partial charge is 0.307 e. The summed E-state index contributed by atoms with van der Waals surface area (Å²) in [7, 11) is 3.96. The van der Waals surface area contributed by atoms with Crippen molar-refractivity contribution in [2.75, 3.05) is 20.6 Å². The van der Waals surface area contributed by atoms with Gasteiger partial charge in [0.1, 0.15) is 12.2 Å². The molecule has 1 fully saturated rings. The lowest BCUT2D eigenvalue weighted by molar-refractivity contribution is -0.152. The van der Waals surface area contributed by atoms with E-state index in [1.807, 2.05) is 19.0 Å². The summed E-state index contributed by atoms with van der Waals surface area (Å²) in [5.74, 6) is 0.215. The van der Waals surface area contributed by atoms with Gasteiger partial charge in [-0.25, -0.2) is 0 Å². The largest absolute Gasteiger partial charge is 0.462 e. The topological polar surface area (TPSA) is 55.8 Å². The number of carbonyl (C=O) groups excluding carboxylic acids is 2. The molecular weight excluding hydrogens is 727 g/mol. The van der Waals surface area contributed by atoms with Gasteiger partial charge < -0.3 is 14.4 Å². The summed E-state index contributed by atoms with van der Waals surface area (Å²) in [5.41, 5.74) is 0. The number of allylic oxidation sites excluding steroid dienone is 6. The molecule has 0 aromatic rings. The zero-order chi connectivity index (χ0) is 42.9. The van der Waals surface area contributed by atoms with Gasteiger partial charge in [-0.1, -0.05) is 173 Å². The van der Waals surface area contributed by atoms with E-state index in [2.05, 4.69) is 57.2 Å². The molecule has 0 amide bonds. The lowest BCUT2D eigenvalue weighted by atomic mass is 9.88. The highest BCUT2D eigenvalue weighted by molar-refractivity contribution is 5.70. The quantitative estimate of drug-likeness (QED) is 0.0349. The Morgan fingerprint density at radius 2 is 0.983 bits per heavy atom. The van der Waals surface area contributed by atoms with E-state index in [0.717, 1.165) is 51.4 Å². The van der Waals surface area contributed by atoms with Gasteiger partial charge in [0.2, 0.25) is 0 Å². The fourth-order valence-corrected chi connectivity index (χ4v) is 8.77. The Bertz CT molecular complexity index is 991. The molecule has 3 atom stereocenters. The van der Waals surface area contributed by atoms with Crippen molar-refractivity contribution in [3.63, 3.8) is 0 Å². The highest BCUT2D eigenvalue weighted by Gasteiger charge is 2.39. The maximum absolute atomic E-state index is 13.6. The molecule has 0 aliphatic heterocycles. The van der Waals surface area contributed by atoms with Crippen LogP contribution in [0.5, 0.6) is 0 Å². The van der Waals surface area contributed by atoms with Crippen LogP contribution in [0, 0.1) is 11.8 Å². The molecule has 0 bridgehead atoms. The highest BCUT2D eigenvalue weighted by atomic mass is 16.5. The van der Waals surface area contributed by atoms with Crippen molar-refractivity contribution in [2.45, 2.75) is 264 Å². The van der Waals surface area contributed by atoms with E-state index >= 15 is 0 Å². The molecule has 0 N–H and O–H groups in total. The molecule has 5 heteroatoms. The summed E-state index contributed by atoms with van der Waals surface area (Å²) < 4.78 is 12.4. The van der Waals surface area contributed by atoms with Gasteiger partial charge in [0.15, 0.2) is 0 Å². The maximum atomic E-state index is 13.6. The van der Waals surface area contributed by atoms with Gasteiger partial charge in [0, 0.05) is 18.9 Å². The zero-order valence-electron chi connectivity index (χ0n) is 40.0. The van der Waals surface area contributed by atoms with Crippen LogP contribution in [-0.4, -0.2) is 49.7 Å². The minimum absolute atomic E-state index is 0.0237. The monoisotopic (exact) mass is 826 g/mol. The third kappa shape index (κ3) is 34.4. The van der Waals surface area contributed by atoms with E-state index in [-0.39, 0.29) is 36.0 Å². The molecular formula is C54H99NO4. The van der Waals surface area contributed by atoms with E-state index in [1.54, 1.807) is 0 Å². The molecule has 1 aliphatic rings. The van der Waals surface area contributed by atoms with E-state index in [4.69, 9.17) is 9.47 Å². The standard InChI is InChI=1S/C54H99NO4/c1-6-9-12-14-16-18-20-22-24-26-28-30-32-34-36-39-41-50(42-40-37-35-33-31-29-27-25-23-21-19-17-15-13-10-7-2)58-54(57)48-49-44-45-52(51(49)43-38-11-8-3)59-53(56)46-47-55(4)5/h11,22-25,38,49-52H,6-10,12-21,26-37,39-48H2,1-5H3/b24-22-,25-23-,38-11-. The first-order valence-electron chi connectivity index (χ1n) is 25.9. The van der Waals surface area contributed by atoms with Crippen molar-refractivity contribution in [2.24, 2.45) is 11.8 Å². The van der Waals surface area contributed by atoms with E-state index in [1.165, 1.54) is 167 Å². The average Bonchev–Trinajstić information content (AvgIpc) is 3.58. The number of hydrogen-bond acceptors (Lipinski definition) is 5. The summed E-state index contributed by atoms with van der Waals surface area (Å²) in [6.45, 7) is 7.41. The fourth-order valence-electron chi connectivity index (χ4n) is 8.77. The summed E-state index contributed by atoms with van der Waals surface area (Å²) in [6, 6.07) is 0. The normalized spacial score (nSPS) is 17.2. The van der Waals surface area contributed by atoms with Crippen molar-refractivity contribution in [1.29, 1.82) is 0 Å².